The first kappa shape index (κ1) is 12.4. The topological polar surface area (TPSA) is 66.8 Å². The van der Waals surface area contributed by atoms with Gasteiger partial charge in [-0.15, -0.1) is 0 Å². The van der Waals surface area contributed by atoms with Crippen LogP contribution in [0.25, 0.3) is 0 Å². The monoisotopic (exact) mass is 241 g/mol. The summed E-state index contributed by atoms with van der Waals surface area (Å²) in [5.74, 6) is -1.14. The average molecular weight is 241 g/mol. The minimum Gasteiger partial charge on any atom is -0.480 e. The fourth-order valence-corrected chi connectivity index (χ4v) is 2.80. The number of carbonyl (C=O) groups is 2. The Bertz CT molecular complexity index is 343. The lowest BCUT2D eigenvalue weighted by Crippen LogP contribution is -2.53. The maximum absolute atomic E-state index is 12.4. The number of carbonyl (C=O) groups excluding carboxylic acids is 1. The zero-order chi connectivity index (χ0) is 12.6. The Morgan fingerprint density at radius 2 is 2.18 bits per heavy atom. The van der Waals surface area contributed by atoms with E-state index in [9.17, 15) is 14.7 Å². The number of ether oxygens (including phenoxy) is 1. The fourth-order valence-electron chi connectivity index (χ4n) is 2.80. The number of carboxylic acids is 1. The Balaban J connectivity index is 2.16. The largest absolute Gasteiger partial charge is 0.480 e. The van der Waals surface area contributed by atoms with Crippen molar-refractivity contribution in [2.45, 2.75) is 44.8 Å². The Labute approximate surface area is 101 Å². The highest BCUT2D eigenvalue weighted by Crippen LogP contribution is 2.33. The van der Waals surface area contributed by atoms with Crippen LogP contribution in [0.3, 0.4) is 0 Å². The molecule has 2 heterocycles. The number of hydrogen-bond acceptors (Lipinski definition) is 3. The van der Waals surface area contributed by atoms with Crippen molar-refractivity contribution in [1.82, 2.24) is 4.90 Å². The van der Waals surface area contributed by atoms with Crippen LogP contribution < -0.4 is 0 Å². The van der Waals surface area contributed by atoms with Crippen molar-refractivity contribution in [1.29, 1.82) is 0 Å². The lowest BCUT2D eigenvalue weighted by atomic mass is 9.95. The molecule has 0 aliphatic carbocycles. The van der Waals surface area contributed by atoms with Crippen LogP contribution in [0.5, 0.6) is 0 Å². The molecular weight excluding hydrogens is 222 g/mol. The molecule has 0 bridgehead atoms. The molecule has 3 atom stereocenters. The maximum atomic E-state index is 12.4. The van der Waals surface area contributed by atoms with Gasteiger partial charge in [0.15, 0.2) is 0 Å². The normalized spacial score (nSPS) is 37.4. The fraction of sp³-hybridized carbons (Fsp3) is 0.833. The van der Waals surface area contributed by atoms with Gasteiger partial charge in [-0.3, -0.25) is 4.79 Å². The summed E-state index contributed by atoms with van der Waals surface area (Å²) >= 11 is 0. The summed E-state index contributed by atoms with van der Waals surface area (Å²) in [6.07, 6.45) is 1.90. The van der Waals surface area contributed by atoms with E-state index in [2.05, 4.69) is 0 Å². The number of aliphatic carboxylic acids is 1. The van der Waals surface area contributed by atoms with Crippen molar-refractivity contribution in [3.8, 4) is 0 Å². The first-order chi connectivity index (χ1) is 7.97. The van der Waals surface area contributed by atoms with Gasteiger partial charge in [0.2, 0.25) is 5.91 Å². The van der Waals surface area contributed by atoms with Gasteiger partial charge in [0.1, 0.15) is 5.54 Å². The van der Waals surface area contributed by atoms with Crippen LogP contribution in [0.1, 0.15) is 33.1 Å². The predicted octanol–water partition coefficient (Wildman–Crippen LogP) is 0.877. The van der Waals surface area contributed by atoms with E-state index in [4.69, 9.17) is 4.74 Å². The SMILES string of the molecule is CC1OCCC1C(=O)N1CCCC1(C)C(=O)O. The van der Waals surface area contributed by atoms with Crippen molar-refractivity contribution in [2.75, 3.05) is 13.2 Å². The van der Waals surface area contributed by atoms with Crippen LogP contribution in [-0.4, -0.2) is 46.7 Å². The van der Waals surface area contributed by atoms with Crippen LogP contribution in [0.2, 0.25) is 0 Å². The lowest BCUT2D eigenvalue weighted by molar-refractivity contribution is -0.157. The standard InChI is InChI=1S/C12H19NO4/c1-8-9(4-7-17-8)10(14)13-6-3-5-12(13,2)11(15)16/h8-9H,3-7H2,1-2H3,(H,15,16). The molecule has 0 aromatic heterocycles. The second-order valence-corrected chi connectivity index (χ2v) is 5.14. The third-order valence-electron chi connectivity index (χ3n) is 4.06. The molecule has 96 valence electrons. The van der Waals surface area contributed by atoms with Crippen molar-refractivity contribution >= 4 is 11.9 Å². The molecule has 0 radical (unpaired) electrons. The number of rotatable bonds is 2. The summed E-state index contributed by atoms with van der Waals surface area (Å²) in [5.41, 5.74) is -1.03. The van der Waals surface area contributed by atoms with Gasteiger partial charge in [-0.2, -0.15) is 0 Å². The number of nitrogens with zero attached hydrogens (tertiary/aromatic N) is 1. The molecule has 3 unspecified atom stereocenters. The van der Waals surface area contributed by atoms with E-state index in [-0.39, 0.29) is 17.9 Å². The molecule has 5 nitrogen and oxygen atoms in total. The molecule has 0 saturated carbocycles. The Kier molecular flexibility index (Phi) is 3.12. The molecule has 2 rings (SSSR count). The van der Waals surface area contributed by atoms with Gasteiger partial charge >= 0.3 is 5.97 Å². The Morgan fingerprint density at radius 1 is 1.47 bits per heavy atom. The third kappa shape index (κ3) is 1.92. The van der Waals surface area contributed by atoms with E-state index >= 15 is 0 Å². The van der Waals surface area contributed by atoms with Crippen molar-refractivity contribution in [3.63, 3.8) is 0 Å². The molecule has 0 aromatic rings. The molecule has 2 aliphatic heterocycles. The third-order valence-corrected chi connectivity index (χ3v) is 4.06. The molecule has 0 aromatic carbocycles. The highest BCUT2D eigenvalue weighted by Gasteiger charge is 2.48. The summed E-state index contributed by atoms with van der Waals surface area (Å²) < 4.78 is 5.38. The van der Waals surface area contributed by atoms with E-state index in [1.165, 1.54) is 4.90 Å². The highest BCUT2D eigenvalue weighted by molar-refractivity contribution is 5.88. The van der Waals surface area contributed by atoms with E-state index in [0.717, 1.165) is 6.42 Å². The summed E-state index contributed by atoms with van der Waals surface area (Å²) in [6, 6.07) is 0. The summed E-state index contributed by atoms with van der Waals surface area (Å²) in [7, 11) is 0. The van der Waals surface area contributed by atoms with Crippen molar-refractivity contribution < 1.29 is 19.4 Å². The highest BCUT2D eigenvalue weighted by atomic mass is 16.5. The quantitative estimate of drug-likeness (QED) is 0.779. The Hall–Kier alpha value is -1.10. The first-order valence-corrected chi connectivity index (χ1v) is 6.13. The van der Waals surface area contributed by atoms with Gasteiger partial charge in [-0.25, -0.2) is 4.79 Å². The summed E-state index contributed by atoms with van der Waals surface area (Å²) in [4.78, 5) is 25.2. The molecule has 1 amide bonds. The number of carboxylic acid groups (broad SMARTS) is 1. The van der Waals surface area contributed by atoms with Crippen LogP contribution in [0.4, 0.5) is 0 Å². The molecule has 2 saturated heterocycles. The van der Waals surface area contributed by atoms with Gasteiger partial charge in [0.05, 0.1) is 12.0 Å². The van der Waals surface area contributed by atoms with Gasteiger partial charge in [-0.05, 0) is 33.1 Å². The average Bonchev–Trinajstić information content (AvgIpc) is 2.84. The summed E-state index contributed by atoms with van der Waals surface area (Å²) in [6.45, 7) is 4.66. The Morgan fingerprint density at radius 3 is 2.71 bits per heavy atom. The zero-order valence-corrected chi connectivity index (χ0v) is 10.3. The first-order valence-electron chi connectivity index (χ1n) is 6.13. The molecular formula is C12H19NO4. The zero-order valence-electron chi connectivity index (χ0n) is 10.3. The van der Waals surface area contributed by atoms with Crippen LogP contribution in [0.15, 0.2) is 0 Å². The minimum atomic E-state index is -1.03. The van der Waals surface area contributed by atoms with Crippen molar-refractivity contribution in [3.05, 3.63) is 0 Å². The van der Waals surface area contributed by atoms with Crippen LogP contribution in [-0.2, 0) is 14.3 Å². The van der Waals surface area contributed by atoms with Crippen LogP contribution >= 0.6 is 0 Å². The van der Waals surface area contributed by atoms with Gasteiger partial charge in [-0.1, -0.05) is 0 Å². The smallest absolute Gasteiger partial charge is 0.329 e. The van der Waals surface area contributed by atoms with Gasteiger partial charge < -0.3 is 14.7 Å². The molecule has 17 heavy (non-hydrogen) atoms. The summed E-state index contributed by atoms with van der Waals surface area (Å²) in [5, 5.41) is 9.28. The van der Waals surface area contributed by atoms with Gasteiger partial charge in [0, 0.05) is 13.2 Å². The van der Waals surface area contributed by atoms with E-state index < -0.39 is 11.5 Å². The minimum absolute atomic E-state index is 0.0580. The van der Waals surface area contributed by atoms with Crippen LogP contribution in [0, 0.1) is 5.92 Å². The van der Waals surface area contributed by atoms with E-state index in [1.54, 1.807) is 6.92 Å². The molecule has 0 spiro atoms. The van der Waals surface area contributed by atoms with E-state index in [0.29, 0.717) is 26.0 Å². The number of likely N-dealkylation sites (tertiary alicyclic amines) is 1. The van der Waals surface area contributed by atoms with E-state index in [1.807, 2.05) is 6.92 Å². The second-order valence-electron chi connectivity index (χ2n) is 5.14. The molecule has 2 fully saturated rings. The molecule has 2 aliphatic rings. The predicted molar refractivity (Wildman–Crippen MR) is 60.5 cm³/mol. The lowest BCUT2D eigenvalue weighted by Gasteiger charge is -2.33. The second kappa shape index (κ2) is 4.29. The maximum Gasteiger partial charge on any atom is 0.329 e. The van der Waals surface area contributed by atoms with Gasteiger partial charge in [0.25, 0.3) is 0 Å². The molecule has 5 heteroatoms. The molecule has 1 N–H and O–H groups in total. The van der Waals surface area contributed by atoms with Crippen molar-refractivity contribution in [2.24, 2.45) is 5.92 Å². The number of hydrogen-bond donors (Lipinski definition) is 1. The number of amides is 1.